The van der Waals surface area contributed by atoms with Crippen LogP contribution in [-0.4, -0.2) is 73.9 Å². The van der Waals surface area contributed by atoms with Crippen molar-refractivity contribution in [3.05, 3.63) is 60.3 Å². The normalized spacial score (nSPS) is 21.9. The van der Waals surface area contributed by atoms with Gasteiger partial charge >= 0.3 is 6.18 Å². The predicted octanol–water partition coefficient (Wildman–Crippen LogP) is 5.22. The molecule has 0 radical (unpaired) electrons. The highest BCUT2D eigenvalue weighted by Gasteiger charge is 2.49. The van der Waals surface area contributed by atoms with Crippen molar-refractivity contribution in [1.29, 1.82) is 5.26 Å². The molecule has 1 saturated carbocycles. The molecular weight excluding hydrogens is 545 g/mol. The Hall–Kier alpha value is -3.95. The molecule has 0 amide bonds. The fraction of sp³-hybridized carbons (Fsp3) is 0.467. The molecule has 9 nitrogen and oxygen atoms in total. The zero-order valence-electron chi connectivity index (χ0n) is 23.6. The number of likely N-dealkylation sites (tertiary alicyclic amines) is 1. The van der Waals surface area contributed by atoms with Crippen LogP contribution in [0.15, 0.2) is 49.2 Å². The first-order valence-corrected chi connectivity index (χ1v) is 14.1. The van der Waals surface area contributed by atoms with Crippen LogP contribution in [0.3, 0.4) is 0 Å². The molecule has 0 unspecified atom stereocenters. The van der Waals surface area contributed by atoms with Gasteiger partial charge in [-0.25, -0.2) is 9.97 Å². The molecule has 4 heterocycles. The van der Waals surface area contributed by atoms with E-state index >= 15 is 0 Å². The second-order valence-corrected chi connectivity index (χ2v) is 11.7. The average Bonchev–Trinajstić information content (AvgIpc) is 3.60. The number of aromatic amines is 1. The monoisotopic (exact) mass is 578 g/mol. The van der Waals surface area contributed by atoms with Crippen LogP contribution in [0.4, 0.5) is 13.2 Å². The molecule has 1 aliphatic heterocycles. The van der Waals surface area contributed by atoms with E-state index in [0.717, 1.165) is 67.1 Å². The van der Waals surface area contributed by atoms with E-state index in [-0.39, 0.29) is 17.4 Å². The number of benzene rings is 1. The molecule has 0 spiro atoms. The number of hydrogen-bond donors (Lipinski definition) is 1. The third-order valence-corrected chi connectivity index (χ3v) is 8.42. The van der Waals surface area contributed by atoms with Gasteiger partial charge in [0.25, 0.3) is 0 Å². The van der Waals surface area contributed by atoms with Gasteiger partial charge < -0.3 is 14.6 Å². The lowest BCUT2D eigenvalue weighted by Crippen LogP contribution is -2.58. The van der Waals surface area contributed by atoms with Gasteiger partial charge in [0.05, 0.1) is 35.5 Å². The van der Waals surface area contributed by atoms with Crippen LogP contribution in [0.5, 0.6) is 5.75 Å². The van der Waals surface area contributed by atoms with Crippen molar-refractivity contribution in [2.45, 2.75) is 62.5 Å². The number of nitrogens with zero attached hydrogens (tertiary/aromatic N) is 7. The Morgan fingerprint density at radius 1 is 1.17 bits per heavy atom. The minimum atomic E-state index is -4.43. The van der Waals surface area contributed by atoms with Gasteiger partial charge in [-0.2, -0.15) is 23.5 Å². The lowest BCUT2D eigenvalue weighted by molar-refractivity contribution is -0.137. The maximum Gasteiger partial charge on any atom is 0.416 e. The van der Waals surface area contributed by atoms with Crippen molar-refractivity contribution >= 4 is 11.0 Å². The van der Waals surface area contributed by atoms with Gasteiger partial charge in [-0.3, -0.25) is 9.58 Å². The number of rotatable bonds is 8. The van der Waals surface area contributed by atoms with Crippen molar-refractivity contribution in [3.8, 4) is 23.1 Å². The van der Waals surface area contributed by atoms with Crippen LogP contribution in [0.1, 0.15) is 43.2 Å². The van der Waals surface area contributed by atoms with Crippen molar-refractivity contribution < 1.29 is 17.9 Å². The van der Waals surface area contributed by atoms with E-state index in [9.17, 15) is 18.4 Å². The number of alkyl halides is 3. The van der Waals surface area contributed by atoms with Crippen molar-refractivity contribution in [3.63, 3.8) is 0 Å². The molecule has 1 N–H and O–H groups in total. The van der Waals surface area contributed by atoms with E-state index in [1.165, 1.54) is 12.4 Å². The van der Waals surface area contributed by atoms with E-state index in [1.54, 1.807) is 12.3 Å². The summed E-state index contributed by atoms with van der Waals surface area (Å²) in [6.07, 6.45) is 5.98. The fourth-order valence-corrected chi connectivity index (χ4v) is 6.34. The van der Waals surface area contributed by atoms with E-state index in [1.807, 2.05) is 42.1 Å². The number of aromatic nitrogens is 5. The van der Waals surface area contributed by atoms with Gasteiger partial charge in [0.1, 0.15) is 23.8 Å². The van der Waals surface area contributed by atoms with Crippen LogP contribution < -0.4 is 4.74 Å². The first-order valence-electron chi connectivity index (χ1n) is 14.1. The van der Waals surface area contributed by atoms with Crippen LogP contribution in [0.2, 0.25) is 0 Å². The summed E-state index contributed by atoms with van der Waals surface area (Å²) in [5.74, 6) is 0.270. The van der Waals surface area contributed by atoms with Gasteiger partial charge in [0.15, 0.2) is 0 Å². The lowest BCUT2D eigenvalue weighted by Gasteiger charge is -2.52. The molecule has 6 rings (SSSR count). The minimum absolute atomic E-state index is 0.146. The molecule has 4 aromatic rings. The molecule has 220 valence electrons. The van der Waals surface area contributed by atoms with Crippen LogP contribution >= 0.6 is 0 Å². The van der Waals surface area contributed by atoms with E-state index in [2.05, 4.69) is 31.0 Å². The number of halogens is 3. The van der Waals surface area contributed by atoms with E-state index < -0.39 is 11.7 Å². The highest BCUT2D eigenvalue weighted by molar-refractivity contribution is 5.90. The molecule has 3 aromatic heterocycles. The number of nitrogens with one attached hydrogen (secondary N) is 1. The number of nitriles is 1. The van der Waals surface area contributed by atoms with Crippen LogP contribution in [0.25, 0.3) is 22.3 Å². The summed E-state index contributed by atoms with van der Waals surface area (Å²) < 4.78 is 48.6. The summed E-state index contributed by atoms with van der Waals surface area (Å²) >= 11 is 0. The average molecular weight is 579 g/mol. The number of fused-ring (bicyclic) bond motifs is 1. The van der Waals surface area contributed by atoms with Crippen molar-refractivity contribution in [2.75, 3.05) is 27.2 Å². The quantitative estimate of drug-likeness (QED) is 0.306. The van der Waals surface area contributed by atoms with Gasteiger partial charge in [0, 0.05) is 49.0 Å². The Bertz CT molecular complexity index is 1590. The first-order chi connectivity index (χ1) is 20.1. The summed E-state index contributed by atoms with van der Waals surface area (Å²) in [5, 5.41) is 15.2. The Morgan fingerprint density at radius 2 is 1.95 bits per heavy atom. The molecular formula is C30H33F3N8O. The Balaban J connectivity index is 1.09. The highest BCUT2D eigenvalue weighted by Crippen LogP contribution is 2.46. The molecule has 1 saturated heterocycles. The Kier molecular flexibility index (Phi) is 7.41. The summed E-state index contributed by atoms with van der Waals surface area (Å²) in [5.41, 5.74) is 1.95. The van der Waals surface area contributed by atoms with Crippen LogP contribution in [-0.2, 0) is 18.3 Å². The summed E-state index contributed by atoms with van der Waals surface area (Å²) in [6.45, 7) is 1.98. The number of hydrogen-bond acceptors (Lipinski definition) is 7. The van der Waals surface area contributed by atoms with Crippen molar-refractivity contribution in [2.24, 2.45) is 0 Å². The molecule has 0 atom stereocenters. The third kappa shape index (κ3) is 5.58. The largest absolute Gasteiger partial charge is 0.490 e. The maximum atomic E-state index is 13.5. The predicted molar refractivity (Wildman–Crippen MR) is 150 cm³/mol. The molecule has 1 aromatic carbocycles. The fourth-order valence-electron chi connectivity index (χ4n) is 6.34. The van der Waals surface area contributed by atoms with Gasteiger partial charge in [0.2, 0.25) is 0 Å². The number of piperidine rings is 1. The topological polar surface area (TPSA) is 98.9 Å². The van der Waals surface area contributed by atoms with Gasteiger partial charge in [-0.05, 0) is 69.6 Å². The number of H-pyrrole nitrogens is 1. The van der Waals surface area contributed by atoms with E-state index in [0.29, 0.717) is 24.6 Å². The highest BCUT2D eigenvalue weighted by atomic mass is 19.4. The third-order valence-electron chi connectivity index (χ3n) is 8.42. The van der Waals surface area contributed by atoms with Gasteiger partial charge in [-0.1, -0.05) is 0 Å². The summed E-state index contributed by atoms with van der Waals surface area (Å²) in [7, 11) is 3.65. The molecule has 12 heteroatoms. The summed E-state index contributed by atoms with van der Waals surface area (Å²) in [4.78, 5) is 16.1. The smallest absolute Gasteiger partial charge is 0.416 e. The maximum absolute atomic E-state index is 13.5. The number of ether oxygens (including phenoxy) is 1. The Labute approximate surface area is 241 Å². The SMILES string of the molecule is CN(C)Cc1cc(OC2CCN([C@H]3C[C@](CC#N)(n4cc(-c5ncnc6[nH]ccc56)cn4)C3)CC2)cc(C(F)(F)F)c1. The second-order valence-electron chi connectivity index (χ2n) is 11.7. The van der Waals surface area contributed by atoms with Gasteiger partial charge in [-0.15, -0.1) is 0 Å². The Morgan fingerprint density at radius 3 is 2.67 bits per heavy atom. The molecule has 1 aliphatic carbocycles. The zero-order valence-corrected chi connectivity index (χ0v) is 23.6. The zero-order chi connectivity index (χ0) is 29.5. The molecule has 0 bridgehead atoms. The van der Waals surface area contributed by atoms with Crippen molar-refractivity contribution in [1.82, 2.24) is 34.5 Å². The standard InChI is InChI=1S/C30H33F3N8O/c1-39(2)17-20-11-22(30(31,32)33)13-25(12-20)42-24-4-9-40(10-5-24)23-14-29(15-23,6-7-34)41-18-21(16-38-41)27-26-3-8-35-28(26)37-19-36-27/h3,8,11-13,16,18-19,23-24H,4-6,9-10,14-15,17H2,1-2H3,(H,35,36,37)/t23-,29-. The minimum Gasteiger partial charge on any atom is -0.490 e. The molecule has 2 aliphatic rings. The first kappa shape index (κ1) is 28.2. The molecule has 2 fully saturated rings. The second kappa shape index (κ2) is 11.0. The van der Waals surface area contributed by atoms with E-state index in [4.69, 9.17) is 4.74 Å². The summed E-state index contributed by atoms with van der Waals surface area (Å²) in [6, 6.07) is 8.62. The molecule has 42 heavy (non-hydrogen) atoms. The van der Waals surface area contributed by atoms with Crippen LogP contribution in [0, 0.1) is 11.3 Å². The lowest BCUT2D eigenvalue weighted by atomic mass is 9.69.